The van der Waals surface area contributed by atoms with Gasteiger partial charge < -0.3 is 23.9 Å². The molecule has 0 aliphatic carbocycles. The number of ether oxygens (including phenoxy) is 3. The third-order valence-electron chi connectivity index (χ3n) is 2.87. The Hall–Kier alpha value is -2.24. The molecule has 2 aliphatic rings. The highest BCUT2D eigenvalue weighted by molar-refractivity contribution is 9.18. The minimum atomic E-state index is -0.528. The van der Waals surface area contributed by atoms with Gasteiger partial charge in [0.25, 0.3) is 0 Å². The van der Waals surface area contributed by atoms with Crippen LogP contribution in [0.2, 0.25) is 0 Å². The molecule has 2 aliphatic heterocycles. The molecule has 0 fully saturated rings. The number of alkyl carbamates (subject to hydrolysis) is 2. The molecular weight excluding hydrogens is 452 g/mol. The van der Waals surface area contributed by atoms with Gasteiger partial charge >= 0.3 is 12.2 Å². The summed E-state index contributed by atoms with van der Waals surface area (Å²) >= 11 is 3.16. The van der Waals surface area contributed by atoms with Crippen molar-refractivity contribution in [3.8, 4) is 0 Å². The van der Waals surface area contributed by atoms with Crippen LogP contribution in [0.15, 0.2) is 10.3 Å². The summed E-state index contributed by atoms with van der Waals surface area (Å²) < 4.78 is 15.6. The first-order valence-corrected chi connectivity index (χ1v) is 9.70. The minimum Gasteiger partial charge on any atom is -0.482 e. The first kappa shape index (κ1) is 24.8. The zero-order chi connectivity index (χ0) is 22.2. The van der Waals surface area contributed by atoms with Gasteiger partial charge in [0.2, 0.25) is 18.4 Å². The van der Waals surface area contributed by atoms with Gasteiger partial charge in [0.05, 0.1) is 20.0 Å². The summed E-state index contributed by atoms with van der Waals surface area (Å²) in [5.74, 6) is 0.455. The molecule has 0 radical (unpaired) electrons. The molecule has 2 N–H and O–H groups in total. The van der Waals surface area contributed by atoms with Crippen molar-refractivity contribution in [2.45, 2.75) is 78.0 Å². The molecule has 0 aromatic rings. The van der Waals surface area contributed by atoms with E-state index in [1.54, 1.807) is 41.5 Å². The van der Waals surface area contributed by atoms with Gasteiger partial charge in [0.15, 0.2) is 0 Å². The number of hydrogen-bond donors (Lipinski definition) is 2. The first-order chi connectivity index (χ1) is 13.3. The van der Waals surface area contributed by atoms with Crippen LogP contribution in [0.1, 0.15) is 54.4 Å². The Kier molecular flexibility index (Phi) is 8.99. The molecule has 2 atom stereocenters. The average molecular weight is 481 g/mol. The standard InChI is InChI=1S/C9H16N2O4.C8H13BrN2O3/c1-9(2,3)14-8(12)10-6-5-7(13-4)11-15-6;1-8(2,3)13-7(12)10-6-4-5(9)11-14-6/h6H,5H2,1-4H3,(H,10,12);6H,4H2,1-3H3,(H,10,12). The number of hydrogen-bond acceptors (Lipinski definition) is 9. The third kappa shape index (κ3) is 11.4. The maximum absolute atomic E-state index is 11.3. The Morgan fingerprint density at radius 3 is 1.72 bits per heavy atom. The molecule has 12 heteroatoms. The summed E-state index contributed by atoms with van der Waals surface area (Å²) in [5, 5.41) is 12.3. The van der Waals surface area contributed by atoms with E-state index in [-0.39, 0.29) is 0 Å². The average Bonchev–Trinajstić information content (AvgIpc) is 3.13. The second-order valence-corrected chi connectivity index (χ2v) is 8.96. The SMILES string of the molecule is CC(C)(C)OC(=O)NC1CC(Br)=NO1.COC1=NOC(NC(=O)OC(C)(C)C)C1. The van der Waals surface area contributed by atoms with E-state index in [0.29, 0.717) is 23.4 Å². The Labute approximate surface area is 178 Å². The van der Waals surface area contributed by atoms with Crippen LogP contribution in [0, 0.1) is 0 Å². The quantitative estimate of drug-likeness (QED) is 0.620. The van der Waals surface area contributed by atoms with Crippen LogP contribution >= 0.6 is 15.9 Å². The summed E-state index contributed by atoms with van der Waals surface area (Å²) in [4.78, 5) is 32.3. The first-order valence-electron chi connectivity index (χ1n) is 8.91. The van der Waals surface area contributed by atoms with Gasteiger partial charge in [-0.25, -0.2) is 9.59 Å². The molecule has 0 bridgehead atoms. The van der Waals surface area contributed by atoms with Gasteiger partial charge in [-0.2, -0.15) is 0 Å². The molecule has 2 heterocycles. The van der Waals surface area contributed by atoms with Gasteiger partial charge in [-0.1, -0.05) is 5.16 Å². The van der Waals surface area contributed by atoms with E-state index in [4.69, 9.17) is 23.9 Å². The van der Waals surface area contributed by atoms with Crippen molar-refractivity contribution in [2.24, 2.45) is 10.3 Å². The molecule has 2 rings (SSSR count). The van der Waals surface area contributed by atoms with Crippen LogP contribution in [-0.4, -0.2) is 53.5 Å². The lowest BCUT2D eigenvalue weighted by Gasteiger charge is -2.20. The van der Waals surface area contributed by atoms with Crippen molar-refractivity contribution < 1.29 is 33.5 Å². The van der Waals surface area contributed by atoms with Crippen LogP contribution in [0.3, 0.4) is 0 Å². The van der Waals surface area contributed by atoms with Crippen molar-refractivity contribution in [3.63, 3.8) is 0 Å². The second kappa shape index (κ2) is 10.5. The number of amides is 2. The Bertz CT molecular complexity index is 641. The molecule has 11 nitrogen and oxygen atoms in total. The zero-order valence-electron chi connectivity index (χ0n) is 17.7. The van der Waals surface area contributed by atoms with E-state index in [0.717, 1.165) is 0 Å². The highest BCUT2D eigenvalue weighted by Crippen LogP contribution is 2.13. The van der Waals surface area contributed by atoms with Gasteiger partial charge in [-0.3, -0.25) is 10.6 Å². The van der Waals surface area contributed by atoms with Crippen molar-refractivity contribution in [1.82, 2.24) is 10.6 Å². The molecule has 29 heavy (non-hydrogen) atoms. The van der Waals surface area contributed by atoms with Gasteiger partial charge in [0.1, 0.15) is 15.8 Å². The molecule has 2 amide bonds. The Morgan fingerprint density at radius 2 is 1.38 bits per heavy atom. The van der Waals surface area contributed by atoms with Crippen LogP contribution in [0.4, 0.5) is 9.59 Å². The fourth-order valence-corrected chi connectivity index (χ4v) is 2.23. The van der Waals surface area contributed by atoms with Crippen LogP contribution in [0.25, 0.3) is 0 Å². The zero-order valence-corrected chi connectivity index (χ0v) is 19.3. The number of oxime groups is 2. The fraction of sp³-hybridized carbons (Fsp3) is 0.765. The van der Waals surface area contributed by atoms with Gasteiger partial charge in [-0.15, -0.1) is 0 Å². The van der Waals surface area contributed by atoms with Crippen molar-refractivity contribution in [2.75, 3.05) is 7.11 Å². The normalized spacial score (nSPS) is 20.7. The van der Waals surface area contributed by atoms with Gasteiger partial charge in [0, 0.05) is 0 Å². The lowest BCUT2D eigenvalue weighted by atomic mass is 10.2. The predicted octanol–water partition coefficient (Wildman–Crippen LogP) is 3.18. The number of nitrogens with one attached hydrogen (secondary N) is 2. The maximum atomic E-state index is 11.3. The van der Waals surface area contributed by atoms with Crippen LogP contribution in [0.5, 0.6) is 0 Å². The fourth-order valence-electron chi connectivity index (χ4n) is 1.86. The van der Waals surface area contributed by atoms with Gasteiger partial charge in [-0.05, 0) is 62.6 Å². The molecule has 0 aromatic heterocycles. The highest BCUT2D eigenvalue weighted by atomic mass is 79.9. The molecule has 2 unspecified atom stereocenters. The van der Waals surface area contributed by atoms with Crippen molar-refractivity contribution in [1.29, 1.82) is 0 Å². The van der Waals surface area contributed by atoms with Crippen molar-refractivity contribution in [3.05, 3.63) is 0 Å². The smallest absolute Gasteiger partial charge is 0.410 e. The van der Waals surface area contributed by atoms with Crippen LogP contribution < -0.4 is 10.6 Å². The molecule has 0 spiro atoms. The number of methoxy groups -OCH3 is 1. The Morgan fingerprint density at radius 1 is 0.931 bits per heavy atom. The van der Waals surface area contributed by atoms with E-state index < -0.39 is 35.8 Å². The van der Waals surface area contributed by atoms with E-state index >= 15 is 0 Å². The van der Waals surface area contributed by atoms with Crippen molar-refractivity contribution >= 4 is 38.6 Å². The highest BCUT2D eigenvalue weighted by Gasteiger charge is 2.26. The second-order valence-electron chi connectivity index (χ2n) is 8.05. The summed E-state index contributed by atoms with van der Waals surface area (Å²) in [6, 6.07) is 0. The van der Waals surface area contributed by atoms with E-state index in [1.165, 1.54) is 7.11 Å². The predicted molar refractivity (Wildman–Crippen MR) is 109 cm³/mol. The molecule has 0 saturated heterocycles. The number of carbonyl (C=O) groups is 2. The maximum Gasteiger partial charge on any atom is 0.410 e. The molecular formula is C17H29BrN4O7. The largest absolute Gasteiger partial charge is 0.482 e. The number of rotatable bonds is 2. The summed E-state index contributed by atoms with van der Waals surface area (Å²) in [7, 11) is 1.50. The van der Waals surface area contributed by atoms with E-state index in [9.17, 15) is 9.59 Å². The topological polar surface area (TPSA) is 129 Å². The number of carbonyl (C=O) groups excluding carboxylic acids is 2. The summed E-state index contributed by atoms with van der Waals surface area (Å²) in [6.45, 7) is 10.8. The number of nitrogens with zero attached hydrogens (tertiary/aromatic N) is 2. The lowest BCUT2D eigenvalue weighted by Crippen LogP contribution is -2.39. The lowest BCUT2D eigenvalue weighted by molar-refractivity contribution is 0.0189. The molecule has 0 aromatic carbocycles. The monoisotopic (exact) mass is 480 g/mol. The summed E-state index contributed by atoms with van der Waals surface area (Å²) in [6.07, 6.45) is -1.02. The Balaban J connectivity index is 0.000000291. The van der Waals surface area contributed by atoms with E-state index in [2.05, 4.69) is 36.9 Å². The minimum absolute atomic E-state index is 0.412. The van der Waals surface area contributed by atoms with E-state index in [1.807, 2.05) is 0 Å². The molecule has 166 valence electrons. The molecule has 0 saturated carbocycles. The number of halogens is 1. The third-order valence-corrected chi connectivity index (χ3v) is 3.33. The van der Waals surface area contributed by atoms with Crippen LogP contribution in [-0.2, 0) is 23.9 Å². The summed E-state index contributed by atoms with van der Waals surface area (Å²) in [5.41, 5.74) is -1.02.